The Hall–Kier alpha value is -0.610. The van der Waals surface area contributed by atoms with E-state index in [1.54, 1.807) is 12.1 Å². The van der Waals surface area contributed by atoms with Crippen LogP contribution in [0.25, 0.3) is 0 Å². The van der Waals surface area contributed by atoms with Crippen molar-refractivity contribution < 1.29 is 9.84 Å². The summed E-state index contributed by atoms with van der Waals surface area (Å²) >= 11 is 5.85. The third kappa shape index (κ3) is 3.73. The molecule has 20 heavy (non-hydrogen) atoms. The van der Waals surface area contributed by atoms with Gasteiger partial charge in [0.25, 0.3) is 0 Å². The zero-order chi connectivity index (χ0) is 15.0. The van der Waals surface area contributed by atoms with E-state index in [4.69, 9.17) is 16.3 Å². The first-order valence-corrected chi connectivity index (χ1v) is 7.44. The van der Waals surface area contributed by atoms with Crippen LogP contribution >= 0.6 is 11.6 Å². The summed E-state index contributed by atoms with van der Waals surface area (Å²) < 4.78 is 6.04. The number of rotatable bonds is 4. The molecule has 1 aliphatic heterocycles. The molecule has 2 rings (SSSR count). The Morgan fingerprint density at radius 2 is 1.90 bits per heavy atom. The van der Waals surface area contributed by atoms with E-state index >= 15 is 0 Å². The number of aliphatic hydroxyl groups is 1. The summed E-state index contributed by atoms with van der Waals surface area (Å²) in [6, 6.07) is 7.54. The molecule has 0 aromatic heterocycles. The Kier molecular flexibility index (Phi) is 4.45. The zero-order valence-electron chi connectivity index (χ0n) is 12.6. The van der Waals surface area contributed by atoms with Crippen molar-refractivity contribution in [3.63, 3.8) is 0 Å². The number of benzene rings is 1. The first kappa shape index (κ1) is 15.8. The average Bonchev–Trinajstić information content (AvgIpc) is 2.54. The van der Waals surface area contributed by atoms with E-state index in [2.05, 4.69) is 33.0 Å². The molecule has 1 fully saturated rings. The van der Waals surface area contributed by atoms with Crippen molar-refractivity contribution in [2.24, 2.45) is 0 Å². The molecule has 112 valence electrons. The van der Waals surface area contributed by atoms with Gasteiger partial charge in [-0.25, -0.2) is 0 Å². The second-order valence-electron chi connectivity index (χ2n) is 6.70. The predicted molar refractivity (Wildman–Crippen MR) is 82.1 cm³/mol. The van der Waals surface area contributed by atoms with E-state index in [-0.39, 0.29) is 17.2 Å². The molecule has 0 aliphatic carbocycles. The lowest BCUT2D eigenvalue weighted by molar-refractivity contribution is -0.0702. The number of hydrogen-bond acceptors (Lipinski definition) is 3. The first-order chi connectivity index (χ1) is 9.20. The molecule has 2 atom stereocenters. The molecule has 0 amide bonds. The van der Waals surface area contributed by atoms with E-state index in [1.165, 1.54) is 0 Å². The quantitative estimate of drug-likeness (QED) is 0.896. The Morgan fingerprint density at radius 3 is 2.40 bits per heavy atom. The monoisotopic (exact) mass is 297 g/mol. The van der Waals surface area contributed by atoms with Crippen LogP contribution in [0, 0.1) is 0 Å². The summed E-state index contributed by atoms with van der Waals surface area (Å²) in [6.07, 6.45) is 0.402. The molecule has 1 saturated heterocycles. The molecular formula is C16H24ClNO2. The smallest absolute Gasteiger partial charge is 0.0914 e. The van der Waals surface area contributed by atoms with Gasteiger partial charge in [0.05, 0.1) is 17.3 Å². The summed E-state index contributed by atoms with van der Waals surface area (Å²) in [4.78, 5) is 0. The largest absolute Gasteiger partial charge is 0.387 e. The van der Waals surface area contributed by atoms with Crippen molar-refractivity contribution >= 4 is 11.6 Å². The fraction of sp³-hybridized carbons (Fsp3) is 0.625. The number of hydrogen-bond donors (Lipinski definition) is 2. The van der Waals surface area contributed by atoms with Crippen molar-refractivity contribution in [3.8, 4) is 0 Å². The van der Waals surface area contributed by atoms with Gasteiger partial charge in [-0.3, -0.25) is 0 Å². The van der Waals surface area contributed by atoms with Crippen LogP contribution in [0.3, 0.4) is 0 Å². The van der Waals surface area contributed by atoms with Crippen LogP contribution in [0.4, 0.5) is 0 Å². The van der Waals surface area contributed by atoms with Crippen molar-refractivity contribution in [1.82, 2.24) is 5.32 Å². The maximum Gasteiger partial charge on any atom is 0.0914 e. The molecular weight excluding hydrogens is 274 g/mol. The molecule has 4 heteroatoms. The Morgan fingerprint density at radius 1 is 1.30 bits per heavy atom. The van der Waals surface area contributed by atoms with E-state index in [0.717, 1.165) is 12.0 Å². The normalized spacial score (nSPS) is 25.6. The summed E-state index contributed by atoms with van der Waals surface area (Å²) in [6.45, 7) is 8.90. The van der Waals surface area contributed by atoms with Gasteiger partial charge in [-0.15, -0.1) is 0 Å². The highest BCUT2D eigenvalue weighted by Crippen LogP contribution is 2.37. The van der Waals surface area contributed by atoms with Crippen molar-refractivity contribution in [2.45, 2.75) is 57.5 Å². The van der Waals surface area contributed by atoms with Gasteiger partial charge in [-0.05, 0) is 51.8 Å². The van der Waals surface area contributed by atoms with Crippen LogP contribution < -0.4 is 5.32 Å². The number of aliphatic hydroxyl groups excluding tert-OH is 1. The van der Waals surface area contributed by atoms with Crippen LogP contribution in [0.15, 0.2) is 24.3 Å². The van der Waals surface area contributed by atoms with E-state index in [9.17, 15) is 5.11 Å². The molecule has 0 bridgehead atoms. The minimum absolute atomic E-state index is 0.119. The van der Waals surface area contributed by atoms with Gasteiger partial charge in [-0.1, -0.05) is 23.7 Å². The molecule has 1 aromatic rings. The molecule has 1 aromatic carbocycles. The third-order valence-electron chi connectivity index (χ3n) is 3.89. The minimum atomic E-state index is -0.535. The summed E-state index contributed by atoms with van der Waals surface area (Å²) in [5.41, 5.74) is 0.535. The molecule has 2 N–H and O–H groups in total. The molecule has 0 radical (unpaired) electrons. The Bertz CT molecular complexity index is 456. The lowest BCUT2D eigenvalue weighted by Crippen LogP contribution is -2.44. The van der Waals surface area contributed by atoms with Crippen LogP contribution in [0.2, 0.25) is 5.02 Å². The van der Waals surface area contributed by atoms with E-state index in [0.29, 0.717) is 11.6 Å². The zero-order valence-corrected chi connectivity index (χ0v) is 13.4. The predicted octanol–water partition coefficient (Wildman–Crippen LogP) is 3.31. The number of nitrogens with one attached hydrogen (secondary N) is 1. The van der Waals surface area contributed by atoms with Crippen molar-refractivity contribution in [3.05, 3.63) is 34.9 Å². The summed E-state index contributed by atoms with van der Waals surface area (Å²) in [5, 5.41) is 14.3. The van der Waals surface area contributed by atoms with Crippen LogP contribution in [0.1, 0.15) is 45.8 Å². The highest BCUT2D eigenvalue weighted by atomic mass is 35.5. The van der Waals surface area contributed by atoms with Gasteiger partial charge in [0.15, 0.2) is 0 Å². The topological polar surface area (TPSA) is 41.5 Å². The third-order valence-corrected chi connectivity index (χ3v) is 4.14. The van der Waals surface area contributed by atoms with Gasteiger partial charge >= 0.3 is 0 Å². The fourth-order valence-corrected chi connectivity index (χ4v) is 3.06. The second kappa shape index (κ2) is 5.64. The molecule has 1 heterocycles. The van der Waals surface area contributed by atoms with Crippen LogP contribution in [-0.4, -0.2) is 28.9 Å². The standard InChI is InChI=1S/C16H24ClNO2/c1-15(2)9-14(16(3,4)20-15)18-10-13(19)11-5-7-12(17)8-6-11/h5-8,13-14,18-19H,9-10H2,1-4H3. The van der Waals surface area contributed by atoms with E-state index in [1.807, 2.05) is 12.1 Å². The average molecular weight is 298 g/mol. The van der Waals surface area contributed by atoms with Crippen molar-refractivity contribution in [2.75, 3.05) is 6.54 Å². The van der Waals surface area contributed by atoms with Gasteiger partial charge in [0.1, 0.15) is 0 Å². The first-order valence-electron chi connectivity index (χ1n) is 7.07. The summed E-state index contributed by atoms with van der Waals surface area (Å²) in [5.74, 6) is 0. The lowest BCUT2D eigenvalue weighted by Gasteiger charge is -2.28. The van der Waals surface area contributed by atoms with E-state index < -0.39 is 6.10 Å². The maximum absolute atomic E-state index is 10.2. The lowest BCUT2D eigenvalue weighted by atomic mass is 9.94. The second-order valence-corrected chi connectivity index (χ2v) is 7.13. The Labute approximate surface area is 126 Å². The van der Waals surface area contributed by atoms with Gasteiger partial charge < -0.3 is 15.2 Å². The van der Waals surface area contributed by atoms with Crippen molar-refractivity contribution in [1.29, 1.82) is 0 Å². The van der Waals surface area contributed by atoms with Crippen LogP contribution in [-0.2, 0) is 4.74 Å². The molecule has 2 unspecified atom stereocenters. The highest BCUT2D eigenvalue weighted by Gasteiger charge is 2.45. The molecule has 3 nitrogen and oxygen atoms in total. The summed E-state index contributed by atoms with van der Waals surface area (Å²) in [7, 11) is 0. The molecule has 1 aliphatic rings. The molecule has 0 saturated carbocycles. The van der Waals surface area contributed by atoms with Crippen LogP contribution in [0.5, 0.6) is 0 Å². The van der Waals surface area contributed by atoms with Gasteiger partial charge in [0, 0.05) is 17.6 Å². The SMILES string of the molecule is CC1(C)CC(NCC(O)c2ccc(Cl)cc2)C(C)(C)O1. The van der Waals surface area contributed by atoms with Gasteiger partial charge in [0.2, 0.25) is 0 Å². The molecule has 0 spiro atoms. The number of ether oxygens (including phenoxy) is 1. The number of halogens is 1. The minimum Gasteiger partial charge on any atom is -0.387 e. The van der Waals surface area contributed by atoms with Gasteiger partial charge in [-0.2, -0.15) is 0 Å². The fourth-order valence-electron chi connectivity index (χ4n) is 2.94. The highest BCUT2D eigenvalue weighted by molar-refractivity contribution is 6.30. The Balaban J connectivity index is 1.93. The maximum atomic E-state index is 10.2.